The van der Waals surface area contributed by atoms with Crippen LogP contribution in [0.25, 0.3) is 0 Å². The van der Waals surface area contributed by atoms with Gasteiger partial charge in [-0.2, -0.15) is 0 Å². The van der Waals surface area contributed by atoms with E-state index in [9.17, 15) is 4.79 Å². The highest BCUT2D eigenvalue weighted by atomic mass is 32.1. The Balaban J connectivity index is 1.64. The van der Waals surface area contributed by atoms with Crippen LogP contribution in [-0.4, -0.2) is 65.2 Å². The number of ether oxygens (including phenoxy) is 1. The zero-order chi connectivity index (χ0) is 16.3. The summed E-state index contributed by atoms with van der Waals surface area (Å²) in [5.74, 6) is 0.285. The summed E-state index contributed by atoms with van der Waals surface area (Å²) in [5, 5.41) is 4.12. The molecule has 128 valence electrons. The molecule has 23 heavy (non-hydrogen) atoms. The van der Waals surface area contributed by atoms with Crippen molar-refractivity contribution in [2.24, 2.45) is 5.41 Å². The summed E-state index contributed by atoms with van der Waals surface area (Å²) in [4.78, 5) is 18.0. The summed E-state index contributed by atoms with van der Waals surface area (Å²) in [6.45, 7) is 7.39. The first-order valence-electron chi connectivity index (χ1n) is 8.39. The van der Waals surface area contributed by atoms with Gasteiger partial charge in [-0.15, -0.1) is 5.10 Å². The molecular formula is C16H26N4O2S. The van der Waals surface area contributed by atoms with Gasteiger partial charge in [-0.05, 0) is 44.3 Å². The fourth-order valence-corrected chi connectivity index (χ4v) is 4.56. The van der Waals surface area contributed by atoms with Gasteiger partial charge >= 0.3 is 0 Å². The normalized spacial score (nSPS) is 26.2. The number of rotatable bonds is 5. The number of carbonyl (C=O) groups excluding carboxylic acids is 1. The zero-order valence-electron chi connectivity index (χ0n) is 14.1. The monoisotopic (exact) mass is 338 g/mol. The van der Waals surface area contributed by atoms with E-state index in [1.807, 2.05) is 11.8 Å². The van der Waals surface area contributed by atoms with Crippen LogP contribution >= 0.6 is 11.5 Å². The van der Waals surface area contributed by atoms with Crippen molar-refractivity contribution >= 4 is 17.4 Å². The lowest BCUT2D eigenvalue weighted by Gasteiger charge is -2.48. The van der Waals surface area contributed by atoms with E-state index in [2.05, 4.69) is 14.5 Å². The molecule has 0 bridgehead atoms. The predicted octanol–water partition coefficient (Wildman–Crippen LogP) is 1.70. The summed E-state index contributed by atoms with van der Waals surface area (Å²) in [6, 6.07) is 0. The number of aromatic nitrogens is 2. The van der Waals surface area contributed by atoms with E-state index in [1.165, 1.54) is 29.3 Å². The third-order valence-electron chi connectivity index (χ3n) is 5.17. The maximum Gasteiger partial charge on any atom is 0.222 e. The fourth-order valence-electron chi connectivity index (χ4n) is 3.88. The summed E-state index contributed by atoms with van der Waals surface area (Å²) < 4.78 is 9.20. The highest BCUT2D eigenvalue weighted by Gasteiger charge is 2.41. The quantitative estimate of drug-likeness (QED) is 0.818. The molecule has 0 radical (unpaired) electrons. The largest absolute Gasteiger partial charge is 0.383 e. The molecule has 1 aromatic rings. The number of amides is 1. The average Bonchev–Trinajstić information content (AvgIpc) is 2.94. The molecule has 0 N–H and O–H groups in total. The van der Waals surface area contributed by atoms with Crippen LogP contribution in [0.4, 0.5) is 0 Å². The van der Waals surface area contributed by atoms with Gasteiger partial charge in [0.15, 0.2) is 0 Å². The first-order chi connectivity index (χ1) is 11.1. The summed E-state index contributed by atoms with van der Waals surface area (Å²) in [7, 11) is 1.69. The predicted molar refractivity (Wildman–Crippen MR) is 89.3 cm³/mol. The second-order valence-corrected chi connectivity index (χ2v) is 7.74. The molecule has 1 atom stereocenters. The SMILES string of the molecule is COCCN1CC2(CCCN(Cc3snnc3C)C2)CCC1=O. The minimum atomic E-state index is 0.256. The van der Waals surface area contributed by atoms with Crippen molar-refractivity contribution in [1.82, 2.24) is 19.4 Å². The number of hydrogen-bond acceptors (Lipinski definition) is 6. The van der Waals surface area contributed by atoms with E-state index in [0.717, 1.165) is 44.8 Å². The first kappa shape index (κ1) is 16.8. The van der Waals surface area contributed by atoms with Gasteiger partial charge in [0.05, 0.1) is 17.2 Å². The highest BCUT2D eigenvalue weighted by Crippen LogP contribution is 2.39. The molecule has 1 spiro atoms. The van der Waals surface area contributed by atoms with Gasteiger partial charge in [-0.3, -0.25) is 9.69 Å². The molecule has 1 aromatic heterocycles. The average molecular weight is 338 g/mol. The second-order valence-electron chi connectivity index (χ2n) is 6.90. The van der Waals surface area contributed by atoms with Crippen molar-refractivity contribution in [2.75, 3.05) is 39.9 Å². The van der Waals surface area contributed by atoms with Crippen molar-refractivity contribution in [2.45, 2.75) is 39.2 Å². The van der Waals surface area contributed by atoms with E-state index in [0.29, 0.717) is 13.0 Å². The fraction of sp³-hybridized carbons (Fsp3) is 0.812. The number of hydrogen-bond donors (Lipinski definition) is 0. The molecule has 3 heterocycles. The molecule has 6 nitrogen and oxygen atoms in total. The van der Waals surface area contributed by atoms with Crippen LogP contribution in [-0.2, 0) is 16.1 Å². The summed E-state index contributed by atoms with van der Waals surface area (Å²) in [6.07, 6.45) is 4.13. The zero-order valence-corrected chi connectivity index (χ0v) is 14.9. The Morgan fingerprint density at radius 1 is 1.35 bits per heavy atom. The molecule has 2 saturated heterocycles. The van der Waals surface area contributed by atoms with Crippen LogP contribution < -0.4 is 0 Å². The molecule has 1 amide bonds. The molecule has 3 rings (SSSR count). The van der Waals surface area contributed by atoms with Gasteiger partial charge in [-0.1, -0.05) is 4.49 Å². The second kappa shape index (κ2) is 7.23. The molecule has 7 heteroatoms. The van der Waals surface area contributed by atoms with Crippen molar-refractivity contribution in [3.05, 3.63) is 10.6 Å². The molecule has 0 aliphatic carbocycles. The van der Waals surface area contributed by atoms with Gasteiger partial charge in [0.25, 0.3) is 0 Å². The lowest BCUT2D eigenvalue weighted by Crippen LogP contribution is -2.54. The van der Waals surface area contributed by atoms with Crippen molar-refractivity contribution in [3.63, 3.8) is 0 Å². The van der Waals surface area contributed by atoms with Gasteiger partial charge in [0.2, 0.25) is 5.91 Å². The number of methoxy groups -OCH3 is 1. The topological polar surface area (TPSA) is 58.6 Å². The van der Waals surface area contributed by atoms with Crippen LogP contribution in [0.3, 0.4) is 0 Å². The van der Waals surface area contributed by atoms with Crippen LogP contribution in [0.15, 0.2) is 0 Å². The van der Waals surface area contributed by atoms with Crippen molar-refractivity contribution in [1.29, 1.82) is 0 Å². The number of likely N-dealkylation sites (tertiary alicyclic amines) is 2. The summed E-state index contributed by atoms with van der Waals surface area (Å²) >= 11 is 1.51. The van der Waals surface area contributed by atoms with Gasteiger partial charge < -0.3 is 9.64 Å². The maximum atomic E-state index is 12.2. The van der Waals surface area contributed by atoms with E-state index >= 15 is 0 Å². The van der Waals surface area contributed by atoms with Crippen LogP contribution in [0, 0.1) is 12.3 Å². The molecule has 0 saturated carbocycles. The standard InChI is InChI=1S/C16H26N4O2S/c1-13-14(23-18-17-13)10-19-7-3-5-16(11-19)6-4-15(21)20(12-16)8-9-22-2/h3-12H2,1-2H3. The molecule has 2 aliphatic rings. The van der Waals surface area contributed by atoms with E-state index in [-0.39, 0.29) is 11.3 Å². The van der Waals surface area contributed by atoms with Gasteiger partial charge in [-0.25, -0.2) is 0 Å². The number of aryl methyl sites for hydroxylation is 1. The Bertz CT molecular complexity index is 550. The maximum absolute atomic E-state index is 12.2. The third-order valence-corrected chi connectivity index (χ3v) is 5.97. The molecule has 1 unspecified atom stereocenters. The Morgan fingerprint density at radius 2 is 2.22 bits per heavy atom. The third kappa shape index (κ3) is 3.89. The van der Waals surface area contributed by atoms with Gasteiger partial charge in [0, 0.05) is 45.1 Å². The number of piperidine rings is 2. The minimum Gasteiger partial charge on any atom is -0.383 e. The molecule has 2 fully saturated rings. The van der Waals surface area contributed by atoms with Crippen LogP contribution in [0.2, 0.25) is 0 Å². The smallest absolute Gasteiger partial charge is 0.222 e. The molecule has 2 aliphatic heterocycles. The van der Waals surface area contributed by atoms with Gasteiger partial charge in [0.1, 0.15) is 0 Å². The lowest BCUT2D eigenvalue weighted by molar-refractivity contribution is -0.140. The Labute approximate surface area is 142 Å². The molecular weight excluding hydrogens is 312 g/mol. The summed E-state index contributed by atoms with van der Waals surface area (Å²) in [5.41, 5.74) is 1.31. The van der Waals surface area contributed by atoms with E-state index in [1.54, 1.807) is 7.11 Å². The number of nitrogens with zero attached hydrogens (tertiary/aromatic N) is 4. The van der Waals surface area contributed by atoms with Crippen LogP contribution in [0.5, 0.6) is 0 Å². The molecule has 0 aromatic carbocycles. The van der Waals surface area contributed by atoms with Crippen LogP contribution in [0.1, 0.15) is 36.3 Å². The van der Waals surface area contributed by atoms with E-state index < -0.39 is 0 Å². The lowest BCUT2D eigenvalue weighted by atomic mass is 9.73. The first-order valence-corrected chi connectivity index (χ1v) is 9.16. The Kier molecular flexibility index (Phi) is 5.28. The Hall–Kier alpha value is -1.05. The number of carbonyl (C=O) groups is 1. The van der Waals surface area contributed by atoms with E-state index in [4.69, 9.17) is 4.74 Å². The van der Waals surface area contributed by atoms with Crippen molar-refractivity contribution in [3.8, 4) is 0 Å². The highest BCUT2D eigenvalue weighted by molar-refractivity contribution is 7.05. The minimum absolute atomic E-state index is 0.256. The van der Waals surface area contributed by atoms with Crippen molar-refractivity contribution < 1.29 is 9.53 Å². The Morgan fingerprint density at radius 3 is 2.96 bits per heavy atom.